The number of carbonyl (C=O) groups excluding carboxylic acids is 1. The SMILES string of the molecule is Cc1ccc(C)c(-n2nc(-c3ccccc3Cl)cc2C(=O)N2CCCC2)c1. The van der Waals surface area contributed by atoms with Crippen LogP contribution in [0.5, 0.6) is 0 Å². The molecule has 1 aliphatic heterocycles. The van der Waals surface area contributed by atoms with Gasteiger partial charge in [0, 0.05) is 18.7 Å². The Hall–Kier alpha value is -2.59. The van der Waals surface area contributed by atoms with Crippen LogP contribution in [0, 0.1) is 13.8 Å². The first-order valence-corrected chi connectivity index (χ1v) is 9.64. The van der Waals surface area contributed by atoms with Crippen LogP contribution in [0.1, 0.15) is 34.5 Å². The highest BCUT2D eigenvalue weighted by Gasteiger charge is 2.25. The highest BCUT2D eigenvalue weighted by molar-refractivity contribution is 6.33. The topological polar surface area (TPSA) is 38.1 Å². The molecule has 1 amide bonds. The molecule has 0 bridgehead atoms. The van der Waals surface area contributed by atoms with E-state index < -0.39 is 0 Å². The quantitative estimate of drug-likeness (QED) is 0.639. The average Bonchev–Trinajstić information content (AvgIpc) is 3.33. The maximum Gasteiger partial charge on any atom is 0.272 e. The summed E-state index contributed by atoms with van der Waals surface area (Å²) in [7, 11) is 0. The van der Waals surface area contributed by atoms with E-state index in [1.807, 2.05) is 49.1 Å². The number of carbonyl (C=O) groups is 1. The van der Waals surface area contributed by atoms with Gasteiger partial charge in [-0.1, -0.05) is 41.9 Å². The lowest BCUT2D eigenvalue weighted by Crippen LogP contribution is -2.29. The number of hydrogen-bond donors (Lipinski definition) is 0. The van der Waals surface area contributed by atoms with Gasteiger partial charge in [-0.05, 0) is 56.0 Å². The molecule has 138 valence electrons. The van der Waals surface area contributed by atoms with Gasteiger partial charge >= 0.3 is 0 Å². The van der Waals surface area contributed by atoms with Gasteiger partial charge in [-0.25, -0.2) is 4.68 Å². The number of halogens is 1. The van der Waals surface area contributed by atoms with Crippen molar-refractivity contribution in [2.45, 2.75) is 26.7 Å². The fourth-order valence-corrected chi connectivity index (χ4v) is 3.78. The van der Waals surface area contributed by atoms with E-state index in [1.165, 1.54) is 0 Å². The molecule has 4 nitrogen and oxygen atoms in total. The molecule has 1 saturated heterocycles. The highest BCUT2D eigenvalue weighted by Crippen LogP contribution is 2.30. The number of nitrogens with zero attached hydrogens (tertiary/aromatic N) is 3. The van der Waals surface area contributed by atoms with Crippen molar-refractivity contribution in [1.29, 1.82) is 0 Å². The van der Waals surface area contributed by atoms with Crippen molar-refractivity contribution in [1.82, 2.24) is 14.7 Å². The molecule has 3 aromatic rings. The van der Waals surface area contributed by atoms with Crippen molar-refractivity contribution < 1.29 is 4.79 Å². The van der Waals surface area contributed by atoms with Gasteiger partial charge in [-0.3, -0.25) is 4.79 Å². The summed E-state index contributed by atoms with van der Waals surface area (Å²) in [6.07, 6.45) is 2.11. The van der Waals surface area contributed by atoms with Gasteiger partial charge in [-0.15, -0.1) is 0 Å². The summed E-state index contributed by atoms with van der Waals surface area (Å²) in [5, 5.41) is 5.42. The molecule has 4 rings (SSSR count). The molecule has 0 spiro atoms. The van der Waals surface area contributed by atoms with Crippen LogP contribution in [-0.4, -0.2) is 33.7 Å². The molecule has 2 heterocycles. The number of rotatable bonds is 3. The van der Waals surface area contributed by atoms with Crippen molar-refractivity contribution >= 4 is 17.5 Å². The smallest absolute Gasteiger partial charge is 0.272 e. The van der Waals surface area contributed by atoms with Gasteiger partial charge in [0.2, 0.25) is 0 Å². The Kier molecular flexibility index (Phi) is 4.75. The number of amides is 1. The molecule has 27 heavy (non-hydrogen) atoms. The molecule has 1 fully saturated rings. The maximum atomic E-state index is 13.2. The van der Waals surface area contributed by atoms with E-state index in [0.29, 0.717) is 16.4 Å². The molecule has 0 aliphatic carbocycles. The Bertz CT molecular complexity index is 1000. The first-order valence-electron chi connectivity index (χ1n) is 9.26. The van der Waals surface area contributed by atoms with Crippen molar-refractivity contribution in [3.63, 3.8) is 0 Å². The summed E-state index contributed by atoms with van der Waals surface area (Å²) in [4.78, 5) is 15.1. The number of benzene rings is 2. The lowest BCUT2D eigenvalue weighted by atomic mass is 10.1. The first kappa shape index (κ1) is 17.8. The molecule has 0 unspecified atom stereocenters. The molecule has 2 aromatic carbocycles. The predicted octanol–water partition coefficient (Wildman–Crippen LogP) is 5.05. The molecular weight excluding hydrogens is 358 g/mol. The zero-order valence-corrected chi connectivity index (χ0v) is 16.3. The Morgan fingerprint density at radius 1 is 1.04 bits per heavy atom. The summed E-state index contributed by atoms with van der Waals surface area (Å²) in [5.74, 6) is 0.0270. The van der Waals surface area contributed by atoms with Crippen LogP contribution >= 0.6 is 11.6 Å². The van der Waals surface area contributed by atoms with E-state index in [2.05, 4.69) is 18.2 Å². The van der Waals surface area contributed by atoms with Crippen molar-refractivity contribution in [3.8, 4) is 16.9 Å². The fourth-order valence-electron chi connectivity index (χ4n) is 3.55. The fraction of sp³-hybridized carbons (Fsp3) is 0.273. The zero-order chi connectivity index (χ0) is 19.0. The van der Waals surface area contributed by atoms with Gasteiger partial charge in [0.15, 0.2) is 0 Å². The largest absolute Gasteiger partial charge is 0.337 e. The molecule has 1 aliphatic rings. The van der Waals surface area contributed by atoms with Crippen LogP contribution < -0.4 is 0 Å². The zero-order valence-electron chi connectivity index (χ0n) is 15.6. The molecule has 5 heteroatoms. The lowest BCUT2D eigenvalue weighted by Gasteiger charge is -2.17. The molecule has 0 radical (unpaired) electrons. The second-order valence-corrected chi connectivity index (χ2v) is 7.50. The minimum absolute atomic E-state index is 0.0270. The molecular formula is C22H22ClN3O. The molecule has 0 N–H and O–H groups in total. The van der Waals surface area contributed by atoms with Crippen LogP contribution in [0.15, 0.2) is 48.5 Å². The first-order chi connectivity index (χ1) is 13.0. The van der Waals surface area contributed by atoms with E-state index in [-0.39, 0.29) is 5.91 Å². The van der Waals surface area contributed by atoms with Gasteiger partial charge in [0.05, 0.1) is 16.4 Å². The molecule has 1 aromatic heterocycles. The Balaban J connectivity index is 1.89. The summed E-state index contributed by atoms with van der Waals surface area (Å²) in [5.41, 5.74) is 5.26. The minimum Gasteiger partial charge on any atom is -0.337 e. The lowest BCUT2D eigenvalue weighted by molar-refractivity contribution is 0.0784. The summed E-state index contributed by atoms with van der Waals surface area (Å²) >= 11 is 6.38. The summed E-state index contributed by atoms with van der Waals surface area (Å²) in [6.45, 7) is 5.69. The third-order valence-electron chi connectivity index (χ3n) is 5.06. The summed E-state index contributed by atoms with van der Waals surface area (Å²) in [6, 6.07) is 15.7. The third-order valence-corrected chi connectivity index (χ3v) is 5.39. The van der Waals surface area contributed by atoms with Crippen LogP contribution in [0.3, 0.4) is 0 Å². The predicted molar refractivity (Wildman–Crippen MR) is 109 cm³/mol. The molecule has 0 atom stereocenters. The summed E-state index contributed by atoms with van der Waals surface area (Å²) < 4.78 is 1.78. The van der Waals surface area contributed by atoms with Crippen molar-refractivity contribution in [3.05, 3.63) is 70.4 Å². The van der Waals surface area contributed by atoms with E-state index >= 15 is 0 Å². The Morgan fingerprint density at radius 2 is 1.78 bits per heavy atom. The number of aryl methyl sites for hydroxylation is 2. The highest BCUT2D eigenvalue weighted by atomic mass is 35.5. The standard InChI is InChI=1S/C22H22ClN3O/c1-15-9-10-16(2)20(13-15)26-21(22(27)25-11-5-6-12-25)14-19(24-26)17-7-3-4-8-18(17)23/h3-4,7-10,13-14H,5-6,11-12H2,1-2H3. The number of aromatic nitrogens is 2. The number of likely N-dealkylation sites (tertiary alicyclic amines) is 1. The normalized spacial score (nSPS) is 14.0. The van der Waals surface area contributed by atoms with Gasteiger partial charge in [0.25, 0.3) is 5.91 Å². The second-order valence-electron chi connectivity index (χ2n) is 7.10. The van der Waals surface area contributed by atoms with Crippen molar-refractivity contribution in [2.75, 3.05) is 13.1 Å². The van der Waals surface area contributed by atoms with Gasteiger partial charge in [0.1, 0.15) is 5.69 Å². The second kappa shape index (κ2) is 7.20. The number of hydrogen-bond acceptors (Lipinski definition) is 2. The maximum absolute atomic E-state index is 13.2. The van der Waals surface area contributed by atoms with Gasteiger partial charge in [-0.2, -0.15) is 5.10 Å². The van der Waals surface area contributed by atoms with Crippen molar-refractivity contribution in [2.24, 2.45) is 0 Å². The minimum atomic E-state index is 0.0270. The van der Waals surface area contributed by atoms with Crippen LogP contribution in [-0.2, 0) is 0 Å². The van der Waals surface area contributed by atoms with Crippen LogP contribution in [0.25, 0.3) is 16.9 Å². The van der Waals surface area contributed by atoms with Crippen LogP contribution in [0.2, 0.25) is 5.02 Å². The van der Waals surface area contributed by atoms with Crippen LogP contribution in [0.4, 0.5) is 0 Å². The van der Waals surface area contributed by atoms with E-state index in [9.17, 15) is 4.79 Å². The van der Waals surface area contributed by atoms with E-state index in [1.54, 1.807) is 4.68 Å². The Labute approximate surface area is 164 Å². The monoisotopic (exact) mass is 379 g/mol. The van der Waals surface area contributed by atoms with E-state index in [4.69, 9.17) is 16.7 Å². The average molecular weight is 380 g/mol. The van der Waals surface area contributed by atoms with E-state index in [0.717, 1.165) is 48.3 Å². The van der Waals surface area contributed by atoms with Gasteiger partial charge < -0.3 is 4.90 Å². The molecule has 0 saturated carbocycles. The Morgan fingerprint density at radius 3 is 2.52 bits per heavy atom. The third kappa shape index (κ3) is 3.37.